The van der Waals surface area contributed by atoms with Crippen molar-refractivity contribution >= 4 is 0 Å². The number of allylic oxidation sites excluding steroid dienone is 2. The zero-order chi connectivity index (χ0) is 12.4. The number of rotatable bonds is 1. The van der Waals surface area contributed by atoms with Gasteiger partial charge in [0.05, 0.1) is 5.60 Å². The third-order valence-corrected chi connectivity index (χ3v) is 3.60. The summed E-state index contributed by atoms with van der Waals surface area (Å²) in [4.78, 5) is 0. The lowest BCUT2D eigenvalue weighted by Crippen LogP contribution is -2.24. The third kappa shape index (κ3) is 6.68. The van der Waals surface area contributed by atoms with Gasteiger partial charge in [0.15, 0.2) is 0 Å². The minimum absolute atomic E-state index is 0.598. The van der Waals surface area contributed by atoms with E-state index in [1.54, 1.807) is 0 Å². The van der Waals surface area contributed by atoms with E-state index < -0.39 is 5.60 Å². The van der Waals surface area contributed by atoms with E-state index in [4.69, 9.17) is 0 Å². The highest BCUT2D eigenvalue weighted by atomic mass is 16.3. The van der Waals surface area contributed by atoms with E-state index in [1.165, 1.54) is 44.9 Å². The predicted octanol–water partition coefficient (Wildman–Crippen LogP) is 4.76. The molecule has 0 aromatic carbocycles. The first kappa shape index (κ1) is 14.5. The number of aliphatic hydroxyl groups is 1. The molecule has 1 atom stereocenters. The average Bonchev–Trinajstić information content (AvgIpc) is 2.32. The number of hydrogen-bond donors (Lipinski definition) is 1. The maximum atomic E-state index is 10.5. The smallest absolute Gasteiger partial charge is 0.0861 e. The van der Waals surface area contributed by atoms with Gasteiger partial charge in [-0.25, -0.2) is 0 Å². The van der Waals surface area contributed by atoms with Gasteiger partial charge in [-0.3, -0.25) is 0 Å². The first-order valence-corrected chi connectivity index (χ1v) is 7.28. The fraction of sp³-hybridized carbons (Fsp3) is 0.750. The summed E-state index contributed by atoms with van der Waals surface area (Å²) in [7, 11) is 0. The molecule has 1 aliphatic rings. The van der Waals surface area contributed by atoms with Crippen LogP contribution in [0.3, 0.4) is 0 Å². The Morgan fingerprint density at radius 1 is 0.941 bits per heavy atom. The van der Waals surface area contributed by atoms with Crippen LogP contribution in [0, 0.1) is 0 Å². The van der Waals surface area contributed by atoms with Crippen molar-refractivity contribution in [3.05, 3.63) is 24.3 Å². The fourth-order valence-electron chi connectivity index (χ4n) is 2.55. The molecule has 1 unspecified atom stereocenters. The Bertz CT molecular complexity index is 242. The van der Waals surface area contributed by atoms with Crippen LogP contribution in [0.2, 0.25) is 0 Å². The molecule has 0 aromatic heterocycles. The molecule has 1 N–H and O–H groups in total. The van der Waals surface area contributed by atoms with E-state index in [0.29, 0.717) is 0 Å². The van der Waals surface area contributed by atoms with E-state index in [9.17, 15) is 5.11 Å². The molecule has 0 aromatic rings. The Kier molecular flexibility index (Phi) is 7.27. The lowest BCUT2D eigenvalue weighted by Gasteiger charge is -2.23. The van der Waals surface area contributed by atoms with E-state index in [1.807, 2.05) is 19.1 Å². The molecule has 0 radical (unpaired) electrons. The van der Waals surface area contributed by atoms with Crippen LogP contribution in [0.5, 0.6) is 0 Å². The standard InChI is InChI=1S/C16H28O/c1-2-13-16(17)14-11-9-7-5-3-4-6-8-10-12-15-16/h2,9,11,13,17H,3-8,10,12,14-15H2,1H3. The van der Waals surface area contributed by atoms with E-state index >= 15 is 0 Å². The highest BCUT2D eigenvalue weighted by molar-refractivity contribution is 5.04. The minimum atomic E-state index is -0.598. The molecule has 0 aliphatic heterocycles. The molecular weight excluding hydrogens is 208 g/mol. The summed E-state index contributed by atoms with van der Waals surface area (Å²) in [5.74, 6) is 0. The Labute approximate surface area is 107 Å². The second-order valence-electron chi connectivity index (χ2n) is 5.29. The molecule has 17 heavy (non-hydrogen) atoms. The van der Waals surface area contributed by atoms with Crippen LogP contribution < -0.4 is 0 Å². The lowest BCUT2D eigenvalue weighted by molar-refractivity contribution is 0.0813. The SMILES string of the molecule is CC=CC1(O)CC=CCCCCCCCCC1. The first-order chi connectivity index (χ1) is 8.27. The molecule has 98 valence electrons. The van der Waals surface area contributed by atoms with Crippen molar-refractivity contribution in [1.82, 2.24) is 0 Å². The Balaban J connectivity index is 2.50. The van der Waals surface area contributed by atoms with Gasteiger partial charge in [-0.15, -0.1) is 0 Å². The topological polar surface area (TPSA) is 20.2 Å². The van der Waals surface area contributed by atoms with Crippen LogP contribution >= 0.6 is 0 Å². The molecule has 1 aliphatic carbocycles. The summed E-state index contributed by atoms with van der Waals surface area (Å²) in [6, 6.07) is 0. The third-order valence-electron chi connectivity index (χ3n) is 3.60. The zero-order valence-corrected chi connectivity index (χ0v) is 11.3. The Morgan fingerprint density at radius 3 is 2.29 bits per heavy atom. The predicted molar refractivity (Wildman–Crippen MR) is 75.1 cm³/mol. The van der Waals surface area contributed by atoms with Crippen molar-refractivity contribution < 1.29 is 5.11 Å². The van der Waals surface area contributed by atoms with Crippen molar-refractivity contribution in [3.63, 3.8) is 0 Å². The Morgan fingerprint density at radius 2 is 1.59 bits per heavy atom. The van der Waals surface area contributed by atoms with Gasteiger partial charge in [0.2, 0.25) is 0 Å². The molecule has 0 saturated carbocycles. The van der Waals surface area contributed by atoms with E-state index in [2.05, 4.69) is 12.2 Å². The molecule has 1 nitrogen and oxygen atoms in total. The van der Waals surface area contributed by atoms with Crippen LogP contribution in [0.25, 0.3) is 0 Å². The second kappa shape index (κ2) is 8.52. The van der Waals surface area contributed by atoms with Crippen molar-refractivity contribution in [2.75, 3.05) is 0 Å². The fourth-order valence-corrected chi connectivity index (χ4v) is 2.55. The zero-order valence-electron chi connectivity index (χ0n) is 11.3. The van der Waals surface area contributed by atoms with Gasteiger partial charge in [0.25, 0.3) is 0 Å². The minimum Gasteiger partial charge on any atom is -0.385 e. The van der Waals surface area contributed by atoms with Crippen molar-refractivity contribution in [2.24, 2.45) is 0 Å². The van der Waals surface area contributed by atoms with Gasteiger partial charge in [-0.1, -0.05) is 62.8 Å². The van der Waals surface area contributed by atoms with Crippen LogP contribution in [-0.2, 0) is 0 Å². The normalized spacial score (nSPS) is 29.5. The summed E-state index contributed by atoms with van der Waals surface area (Å²) in [6.45, 7) is 1.99. The van der Waals surface area contributed by atoms with Crippen molar-refractivity contribution in [3.8, 4) is 0 Å². The van der Waals surface area contributed by atoms with Gasteiger partial charge in [-0.2, -0.15) is 0 Å². The van der Waals surface area contributed by atoms with E-state index in [0.717, 1.165) is 19.3 Å². The lowest BCUT2D eigenvalue weighted by atomic mass is 9.91. The number of hydrogen-bond acceptors (Lipinski definition) is 1. The maximum absolute atomic E-state index is 10.5. The van der Waals surface area contributed by atoms with Crippen LogP contribution in [0.4, 0.5) is 0 Å². The Hall–Kier alpha value is -0.560. The van der Waals surface area contributed by atoms with Gasteiger partial charge >= 0.3 is 0 Å². The molecule has 1 heteroatoms. The van der Waals surface area contributed by atoms with Crippen LogP contribution in [-0.4, -0.2) is 10.7 Å². The highest BCUT2D eigenvalue weighted by Crippen LogP contribution is 2.23. The maximum Gasteiger partial charge on any atom is 0.0861 e. The van der Waals surface area contributed by atoms with Crippen molar-refractivity contribution in [1.29, 1.82) is 0 Å². The summed E-state index contributed by atoms with van der Waals surface area (Å²) in [5.41, 5.74) is -0.598. The summed E-state index contributed by atoms with van der Waals surface area (Å²) >= 11 is 0. The average molecular weight is 236 g/mol. The van der Waals surface area contributed by atoms with E-state index in [-0.39, 0.29) is 0 Å². The molecule has 0 saturated heterocycles. The van der Waals surface area contributed by atoms with Crippen LogP contribution in [0.15, 0.2) is 24.3 Å². The molecular formula is C16H28O. The molecule has 1 rings (SSSR count). The second-order valence-corrected chi connectivity index (χ2v) is 5.29. The summed E-state index contributed by atoms with van der Waals surface area (Å²) in [6.07, 6.45) is 20.4. The first-order valence-electron chi connectivity index (χ1n) is 7.28. The van der Waals surface area contributed by atoms with Gasteiger partial charge in [0.1, 0.15) is 0 Å². The molecule has 0 amide bonds. The quantitative estimate of drug-likeness (QED) is 0.650. The molecule has 0 bridgehead atoms. The van der Waals surface area contributed by atoms with Crippen molar-refractivity contribution in [2.45, 2.75) is 76.7 Å². The largest absolute Gasteiger partial charge is 0.385 e. The molecule has 0 fully saturated rings. The van der Waals surface area contributed by atoms with Gasteiger partial charge in [-0.05, 0) is 32.6 Å². The monoisotopic (exact) mass is 236 g/mol. The highest BCUT2D eigenvalue weighted by Gasteiger charge is 2.20. The summed E-state index contributed by atoms with van der Waals surface area (Å²) < 4.78 is 0. The van der Waals surface area contributed by atoms with Gasteiger partial charge in [0, 0.05) is 0 Å². The molecule has 0 spiro atoms. The molecule has 0 heterocycles. The van der Waals surface area contributed by atoms with Gasteiger partial charge < -0.3 is 5.11 Å². The summed E-state index contributed by atoms with van der Waals surface area (Å²) in [5, 5.41) is 10.5. The van der Waals surface area contributed by atoms with Crippen LogP contribution in [0.1, 0.15) is 71.1 Å².